The van der Waals surface area contributed by atoms with Crippen molar-refractivity contribution in [2.75, 3.05) is 0 Å². The van der Waals surface area contributed by atoms with E-state index in [9.17, 15) is 0 Å². The van der Waals surface area contributed by atoms with Gasteiger partial charge in [0.1, 0.15) is 0 Å². The Kier molecular flexibility index (Phi) is 8.42. The molecule has 290 valence electrons. The van der Waals surface area contributed by atoms with Gasteiger partial charge in [0.05, 0.1) is 22.1 Å². The summed E-state index contributed by atoms with van der Waals surface area (Å²) in [7, 11) is 0. The Morgan fingerprint density at radius 1 is 0.226 bits per heavy atom. The Morgan fingerprint density at radius 2 is 0.532 bits per heavy atom. The van der Waals surface area contributed by atoms with Crippen molar-refractivity contribution in [2.45, 2.75) is 0 Å². The number of hydrogen-bond acceptors (Lipinski definition) is 3. The van der Waals surface area contributed by atoms with E-state index in [0.29, 0.717) is 17.5 Å². The standard InChI is InChI=1S/C57H37N5/c1-4-14-38(15-5-1)39-24-26-40(27-25-39)41-28-30-43(31-29-41)56-58-55(42-16-6-2-7-17-42)59-57(60-56)44-32-34-46(35-33-44)62-52-23-13-11-21-48(52)50-37-36-49-47-20-10-12-22-51(47)61(53(49)54(50)62)45-18-8-3-9-19-45/h1-37H. The van der Waals surface area contributed by atoms with Gasteiger partial charge in [-0.2, -0.15) is 0 Å². The first-order valence-corrected chi connectivity index (χ1v) is 20.9. The molecule has 0 aliphatic heterocycles. The van der Waals surface area contributed by atoms with Gasteiger partial charge in [0.25, 0.3) is 0 Å². The van der Waals surface area contributed by atoms with Crippen molar-refractivity contribution in [1.82, 2.24) is 24.1 Å². The molecule has 0 unspecified atom stereocenters. The molecule has 0 amide bonds. The summed E-state index contributed by atoms with van der Waals surface area (Å²) < 4.78 is 4.84. The number of fused-ring (bicyclic) bond motifs is 7. The molecule has 0 spiro atoms. The summed E-state index contributed by atoms with van der Waals surface area (Å²) in [6.07, 6.45) is 0. The van der Waals surface area contributed by atoms with E-state index in [1.165, 1.54) is 49.2 Å². The molecule has 3 aromatic heterocycles. The maximum absolute atomic E-state index is 5.12. The van der Waals surface area contributed by atoms with Crippen LogP contribution < -0.4 is 0 Å². The third-order valence-corrected chi connectivity index (χ3v) is 12.0. The first-order chi connectivity index (χ1) is 30.7. The topological polar surface area (TPSA) is 48.5 Å². The van der Waals surface area contributed by atoms with Crippen molar-refractivity contribution in [3.8, 4) is 67.8 Å². The maximum atomic E-state index is 5.12. The van der Waals surface area contributed by atoms with Crippen molar-refractivity contribution < 1.29 is 0 Å². The summed E-state index contributed by atoms with van der Waals surface area (Å²) in [5.41, 5.74) is 14.3. The van der Waals surface area contributed by atoms with E-state index in [4.69, 9.17) is 15.0 Å². The van der Waals surface area contributed by atoms with Crippen molar-refractivity contribution in [1.29, 1.82) is 0 Å². The van der Waals surface area contributed by atoms with Crippen LogP contribution in [0.2, 0.25) is 0 Å². The van der Waals surface area contributed by atoms with Crippen LogP contribution in [0.5, 0.6) is 0 Å². The van der Waals surface area contributed by atoms with E-state index < -0.39 is 0 Å². The zero-order chi connectivity index (χ0) is 41.0. The van der Waals surface area contributed by atoms with Gasteiger partial charge in [-0.1, -0.05) is 176 Å². The van der Waals surface area contributed by atoms with Gasteiger partial charge in [-0.15, -0.1) is 0 Å². The molecule has 0 saturated carbocycles. The lowest BCUT2D eigenvalue weighted by molar-refractivity contribution is 1.07. The van der Waals surface area contributed by atoms with Gasteiger partial charge in [-0.05, 0) is 70.8 Å². The lowest BCUT2D eigenvalue weighted by atomic mass is 9.99. The Balaban J connectivity index is 0.972. The number of rotatable bonds is 7. The largest absolute Gasteiger partial charge is 0.307 e. The van der Waals surface area contributed by atoms with E-state index in [1.54, 1.807) is 0 Å². The minimum atomic E-state index is 0.620. The fourth-order valence-corrected chi connectivity index (χ4v) is 9.02. The molecule has 12 aromatic rings. The van der Waals surface area contributed by atoms with Crippen LogP contribution in [0.1, 0.15) is 0 Å². The smallest absolute Gasteiger partial charge is 0.164 e. The van der Waals surface area contributed by atoms with Crippen molar-refractivity contribution >= 4 is 43.6 Å². The monoisotopic (exact) mass is 791 g/mol. The van der Waals surface area contributed by atoms with Crippen LogP contribution in [0.3, 0.4) is 0 Å². The second-order valence-corrected chi connectivity index (χ2v) is 15.6. The lowest BCUT2D eigenvalue weighted by Crippen LogP contribution is -2.01. The van der Waals surface area contributed by atoms with Crippen LogP contribution in [0.4, 0.5) is 0 Å². The third-order valence-electron chi connectivity index (χ3n) is 12.0. The number of nitrogens with zero attached hydrogens (tertiary/aromatic N) is 5. The molecule has 0 bridgehead atoms. The zero-order valence-corrected chi connectivity index (χ0v) is 33.6. The van der Waals surface area contributed by atoms with E-state index in [-0.39, 0.29) is 0 Å². The SMILES string of the molecule is c1ccc(-c2ccc(-c3ccc(-c4nc(-c5ccccc5)nc(-c5ccc(-n6c7ccccc7c7ccc8c9ccccc9n(-c9ccccc9)c8c76)cc5)n4)cc3)cc2)cc1. The van der Waals surface area contributed by atoms with Gasteiger partial charge in [-0.3, -0.25) is 0 Å². The van der Waals surface area contributed by atoms with Crippen molar-refractivity contribution in [3.05, 3.63) is 224 Å². The molecule has 0 atom stereocenters. The van der Waals surface area contributed by atoms with Gasteiger partial charge >= 0.3 is 0 Å². The third kappa shape index (κ3) is 5.98. The van der Waals surface area contributed by atoms with E-state index >= 15 is 0 Å². The van der Waals surface area contributed by atoms with Crippen molar-refractivity contribution in [3.63, 3.8) is 0 Å². The summed E-state index contributed by atoms with van der Waals surface area (Å²) in [5, 5.41) is 4.87. The summed E-state index contributed by atoms with van der Waals surface area (Å²) in [6.45, 7) is 0. The molecule has 5 nitrogen and oxygen atoms in total. The molecule has 0 aliphatic carbocycles. The lowest BCUT2D eigenvalue weighted by Gasteiger charge is -2.13. The van der Waals surface area contributed by atoms with E-state index in [0.717, 1.165) is 44.7 Å². The molecule has 0 aliphatic rings. The Hall–Kier alpha value is -8.41. The van der Waals surface area contributed by atoms with Crippen LogP contribution in [0.15, 0.2) is 224 Å². The normalized spacial score (nSPS) is 11.5. The number of benzene rings is 9. The van der Waals surface area contributed by atoms with E-state index in [2.05, 4.69) is 197 Å². The van der Waals surface area contributed by atoms with Crippen LogP contribution in [-0.2, 0) is 0 Å². The summed E-state index contributed by atoms with van der Waals surface area (Å²) in [6, 6.07) is 79.2. The maximum Gasteiger partial charge on any atom is 0.164 e. The number of para-hydroxylation sites is 3. The van der Waals surface area contributed by atoms with Gasteiger partial charge in [0.2, 0.25) is 0 Å². The molecule has 0 N–H and O–H groups in total. The Bertz CT molecular complexity index is 3570. The first kappa shape index (κ1) is 35.5. The fourth-order valence-electron chi connectivity index (χ4n) is 9.02. The molecule has 5 heteroatoms. The average molecular weight is 792 g/mol. The highest BCUT2D eigenvalue weighted by atomic mass is 15.1. The highest BCUT2D eigenvalue weighted by Gasteiger charge is 2.21. The van der Waals surface area contributed by atoms with Crippen LogP contribution in [0.25, 0.3) is 111 Å². The van der Waals surface area contributed by atoms with Crippen LogP contribution in [-0.4, -0.2) is 24.1 Å². The summed E-state index contributed by atoms with van der Waals surface area (Å²) >= 11 is 0. The van der Waals surface area contributed by atoms with Crippen LogP contribution in [0, 0.1) is 0 Å². The zero-order valence-electron chi connectivity index (χ0n) is 33.6. The van der Waals surface area contributed by atoms with Crippen molar-refractivity contribution in [2.24, 2.45) is 0 Å². The predicted octanol–water partition coefficient (Wildman–Crippen LogP) is 14.4. The van der Waals surface area contributed by atoms with Gasteiger partial charge in [-0.25, -0.2) is 15.0 Å². The number of aromatic nitrogens is 5. The average Bonchev–Trinajstić information content (AvgIpc) is 3.88. The Morgan fingerprint density at radius 3 is 0.984 bits per heavy atom. The molecular formula is C57H37N5. The predicted molar refractivity (Wildman–Crippen MR) is 256 cm³/mol. The molecule has 62 heavy (non-hydrogen) atoms. The highest BCUT2D eigenvalue weighted by molar-refractivity contribution is 6.23. The minimum Gasteiger partial charge on any atom is -0.307 e. The fraction of sp³-hybridized carbons (Fsp3) is 0. The van der Waals surface area contributed by atoms with Crippen LogP contribution >= 0.6 is 0 Å². The molecular weight excluding hydrogens is 755 g/mol. The van der Waals surface area contributed by atoms with Gasteiger partial charge in [0, 0.05) is 49.6 Å². The molecule has 0 saturated heterocycles. The number of hydrogen-bond donors (Lipinski definition) is 0. The highest BCUT2D eigenvalue weighted by Crippen LogP contribution is 2.42. The minimum absolute atomic E-state index is 0.620. The van der Waals surface area contributed by atoms with E-state index in [1.807, 2.05) is 36.4 Å². The molecule has 9 aromatic carbocycles. The molecule has 12 rings (SSSR count). The Labute approximate surface area is 358 Å². The first-order valence-electron chi connectivity index (χ1n) is 20.9. The van der Waals surface area contributed by atoms with Gasteiger partial charge < -0.3 is 9.13 Å². The van der Waals surface area contributed by atoms with Gasteiger partial charge in [0.15, 0.2) is 17.5 Å². The quantitative estimate of drug-likeness (QED) is 0.162. The molecule has 0 radical (unpaired) electrons. The summed E-state index contributed by atoms with van der Waals surface area (Å²) in [4.78, 5) is 15.2. The second-order valence-electron chi connectivity index (χ2n) is 15.6. The second kappa shape index (κ2) is 14.7. The molecule has 3 heterocycles. The molecule has 0 fully saturated rings. The summed E-state index contributed by atoms with van der Waals surface area (Å²) in [5.74, 6) is 1.88.